The molecular formula is C22H21F2N3O2. The Hall–Kier alpha value is -3.09. The first kappa shape index (κ1) is 19.2. The van der Waals surface area contributed by atoms with E-state index < -0.39 is 11.6 Å². The Morgan fingerprint density at radius 3 is 2.45 bits per heavy atom. The van der Waals surface area contributed by atoms with Crippen LogP contribution in [0.15, 0.2) is 47.0 Å². The number of carbonyl (C=O) groups excluding carboxylic acids is 1. The van der Waals surface area contributed by atoms with E-state index >= 15 is 0 Å². The summed E-state index contributed by atoms with van der Waals surface area (Å²) in [6.45, 7) is 5.90. The van der Waals surface area contributed by atoms with Crippen molar-refractivity contribution in [1.29, 1.82) is 0 Å². The molecule has 0 radical (unpaired) electrons. The van der Waals surface area contributed by atoms with Crippen molar-refractivity contribution < 1.29 is 18.1 Å². The van der Waals surface area contributed by atoms with Gasteiger partial charge in [0.1, 0.15) is 11.6 Å². The lowest BCUT2D eigenvalue weighted by atomic mass is 9.96. The number of hydrogen-bond acceptors (Lipinski definition) is 4. The van der Waals surface area contributed by atoms with Gasteiger partial charge in [-0.1, -0.05) is 44.1 Å². The van der Waals surface area contributed by atoms with Gasteiger partial charge in [-0.3, -0.25) is 4.79 Å². The normalized spacial score (nSPS) is 18.5. The topological polar surface area (TPSA) is 68.0 Å². The van der Waals surface area contributed by atoms with Crippen LogP contribution in [0.4, 0.5) is 8.78 Å². The summed E-state index contributed by atoms with van der Waals surface area (Å²) in [6, 6.07) is 10.4. The summed E-state index contributed by atoms with van der Waals surface area (Å²) in [5, 5.41) is 6.87. The summed E-state index contributed by atoms with van der Waals surface area (Å²) in [5.74, 6) is -1.10. The highest BCUT2D eigenvalue weighted by Crippen LogP contribution is 2.43. The number of nitrogens with one attached hydrogen (secondary N) is 1. The predicted molar refractivity (Wildman–Crippen MR) is 103 cm³/mol. The molecular weight excluding hydrogens is 376 g/mol. The minimum Gasteiger partial charge on any atom is -0.349 e. The van der Waals surface area contributed by atoms with Crippen molar-refractivity contribution in [3.05, 3.63) is 71.1 Å². The molecule has 1 saturated carbocycles. The van der Waals surface area contributed by atoms with E-state index in [1.165, 1.54) is 18.2 Å². The zero-order valence-corrected chi connectivity index (χ0v) is 16.4. The van der Waals surface area contributed by atoms with Crippen LogP contribution in [0.25, 0.3) is 11.5 Å². The highest BCUT2D eigenvalue weighted by molar-refractivity contribution is 6.00. The summed E-state index contributed by atoms with van der Waals surface area (Å²) in [7, 11) is 0. The average Bonchev–Trinajstić information content (AvgIpc) is 3.20. The van der Waals surface area contributed by atoms with Crippen LogP contribution in [0, 0.1) is 11.6 Å². The summed E-state index contributed by atoms with van der Waals surface area (Å²) < 4.78 is 33.3. The zero-order chi connectivity index (χ0) is 20.8. The summed E-state index contributed by atoms with van der Waals surface area (Å²) in [5.41, 5.74) is 0.626. The molecule has 3 aromatic rings. The number of carbonyl (C=O) groups is 1. The lowest BCUT2D eigenvalue weighted by molar-refractivity contribution is 0.0950. The lowest BCUT2D eigenvalue weighted by Gasteiger charge is -2.11. The molecule has 4 rings (SSSR count). The Balaban J connectivity index is 1.55. The number of aromatic nitrogens is 2. The van der Waals surface area contributed by atoms with Crippen LogP contribution >= 0.6 is 0 Å². The molecule has 1 aromatic heterocycles. The quantitative estimate of drug-likeness (QED) is 0.699. The maximum atomic E-state index is 14.0. The van der Waals surface area contributed by atoms with E-state index in [-0.39, 0.29) is 34.7 Å². The third kappa shape index (κ3) is 3.77. The molecule has 0 saturated heterocycles. The van der Waals surface area contributed by atoms with Crippen molar-refractivity contribution in [2.24, 2.45) is 0 Å². The molecule has 150 valence electrons. The highest BCUT2D eigenvalue weighted by atomic mass is 19.1. The smallest absolute Gasteiger partial charge is 0.258 e. The Labute approximate surface area is 167 Å². The molecule has 5 nitrogen and oxygen atoms in total. The predicted octanol–water partition coefficient (Wildman–Crippen LogP) is 4.60. The van der Waals surface area contributed by atoms with Crippen molar-refractivity contribution >= 4 is 5.91 Å². The molecule has 0 spiro atoms. The minimum absolute atomic E-state index is 0.0257. The zero-order valence-electron chi connectivity index (χ0n) is 16.4. The Kier molecular flexibility index (Phi) is 4.68. The van der Waals surface area contributed by atoms with E-state index in [0.717, 1.165) is 0 Å². The summed E-state index contributed by atoms with van der Waals surface area (Å²) in [4.78, 5) is 17.3. The molecule has 0 aliphatic heterocycles. The van der Waals surface area contributed by atoms with Crippen LogP contribution < -0.4 is 5.32 Å². The average molecular weight is 397 g/mol. The molecule has 1 amide bonds. The Morgan fingerprint density at radius 2 is 1.79 bits per heavy atom. The van der Waals surface area contributed by atoms with Crippen LogP contribution in [0.2, 0.25) is 0 Å². The van der Waals surface area contributed by atoms with Gasteiger partial charge in [0.05, 0.1) is 11.1 Å². The van der Waals surface area contributed by atoms with Crippen LogP contribution in [0.5, 0.6) is 0 Å². The fourth-order valence-electron chi connectivity index (χ4n) is 3.29. The third-order valence-corrected chi connectivity index (χ3v) is 4.98. The molecule has 1 fully saturated rings. The van der Waals surface area contributed by atoms with E-state index in [1.54, 1.807) is 24.3 Å². The van der Waals surface area contributed by atoms with Crippen LogP contribution in [0.1, 0.15) is 54.9 Å². The number of amides is 1. The highest BCUT2D eigenvalue weighted by Gasteiger charge is 2.43. The molecule has 1 aliphatic carbocycles. The standard InChI is InChI=1S/C22H21F2N3O2/c1-22(2,3)21-26-20(29-27-21)13-8-5-4-7-12(13)19(28)25-17-11-14(17)18-15(23)9-6-10-16(18)24/h4-10,14,17H,11H2,1-3H3,(H,25,28)/t14-,17+/m1/s1. The largest absolute Gasteiger partial charge is 0.349 e. The summed E-state index contributed by atoms with van der Waals surface area (Å²) >= 11 is 0. The number of halogens is 2. The second kappa shape index (κ2) is 7.06. The maximum absolute atomic E-state index is 14.0. The van der Waals surface area contributed by atoms with E-state index in [2.05, 4.69) is 15.5 Å². The van der Waals surface area contributed by atoms with Gasteiger partial charge in [0.15, 0.2) is 5.82 Å². The Morgan fingerprint density at radius 1 is 1.10 bits per heavy atom. The van der Waals surface area contributed by atoms with Gasteiger partial charge in [0.25, 0.3) is 11.8 Å². The molecule has 29 heavy (non-hydrogen) atoms. The number of hydrogen-bond donors (Lipinski definition) is 1. The second-order valence-electron chi connectivity index (χ2n) is 8.28. The van der Waals surface area contributed by atoms with Gasteiger partial charge < -0.3 is 9.84 Å². The van der Waals surface area contributed by atoms with E-state index in [1.807, 2.05) is 20.8 Å². The molecule has 0 unspecified atom stereocenters. The van der Waals surface area contributed by atoms with Crippen molar-refractivity contribution in [2.75, 3.05) is 0 Å². The van der Waals surface area contributed by atoms with Crippen molar-refractivity contribution in [1.82, 2.24) is 15.5 Å². The lowest BCUT2D eigenvalue weighted by Crippen LogP contribution is -2.27. The van der Waals surface area contributed by atoms with Gasteiger partial charge in [-0.05, 0) is 30.7 Å². The molecule has 1 heterocycles. The first-order valence-corrected chi connectivity index (χ1v) is 9.44. The fourth-order valence-corrected chi connectivity index (χ4v) is 3.29. The van der Waals surface area contributed by atoms with Crippen molar-refractivity contribution in [2.45, 2.75) is 44.6 Å². The van der Waals surface area contributed by atoms with Crippen LogP contribution in [-0.2, 0) is 5.41 Å². The molecule has 2 aromatic carbocycles. The molecule has 0 bridgehead atoms. The SMILES string of the molecule is CC(C)(C)c1noc(-c2ccccc2C(=O)N[C@H]2C[C@H]2c2c(F)cccc2F)n1. The van der Waals surface area contributed by atoms with Crippen molar-refractivity contribution in [3.63, 3.8) is 0 Å². The van der Waals surface area contributed by atoms with Gasteiger partial charge in [0.2, 0.25) is 0 Å². The van der Waals surface area contributed by atoms with Crippen LogP contribution in [0.3, 0.4) is 0 Å². The van der Waals surface area contributed by atoms with E-state index in [4.69, 9.17) is 4.52 Å². The van der Waals surface area contributed by atoms with Gasteiger partial charge >= 0.3 is 0 Å². The first-order chi connectivity index (χ1) is 13.8. The van der Waals surface area contributed by atoms with Crippen molar-refractivity contribution in [3.8, 4) is 11.5 Å². The number of rotatable bonds is 4. The monoisotopic (exact) mass is 397 g/mol. The van der Waals surface area contributed by atoms with Gasteiger partial charge in [-0.25, -0.2) is 8.78 Å². The molecule has 7 heteroatoms. The van der Waals surface area contributed by atoms with E-state index in [0.29, 0.717) is 23.4 Å². The summed E-state index contributed by atoms with van der Waals surface area (Å²) in [6.07, 6.45) is 0.487. The Bertz CT molecular complexity index is 1050. The number of nitrogens with zero attached hydrogens (tertiary/aromatic N) is 2. The second-order valence-corrected chi connectivity index (χ2v) is 8.28. The molecule has 1 aliphatic rings. The molecule has 1 N–H and O–H groups in total. The maximum Gasteiger partial charge on any atom is 0.258 e. The van der Waals surface area contributed by atoms with Crippen LogP contribution in [-0.4, -0.2) is 22.1 Å². The van der Waals surface area contributed by atoms with Gasteiger partial charge in [-0.15, -0.1) is 0 Å². The first-order valence-electron chi connectivity index (χ1n) is 9.44. The fraction of sp³-hybridized carbons (Fsp3) is 0.318. The third-order valence-electron chi connectivity index (χ3n) is 4.98. The van der Waals surface area contributed by atoms with Gasteiger partial charge in [-0.2, -0.15) is 4.98 Å². The minimum atomic E-state index is -0.590. The number of benzene rings is 2. The van der Waals surface area contributed by atoms with Gasteiger partial charge in [0, 0.05) is 22.9 Å². The molecule has 2 atom stereocenters. The van der Waals surface area contributed by atoms with E-state index in [9.17, 15) is 13.6 Å².